The molecule has 2 aromatic heterocycles. The molecule has 0 unspecified atom stereocenters. The maximum atomic E-state index is 14.9. The van der Waals surface area contributed by atoms with Crippen LogP contribution >= 0.6 is 0 Å². The predicted molar refractivity (Wildman–Crippen MR) is 148 cm³/mol. The van der Waals surface area contributed by atoms with Crippen LogP contribution in [0.5, 0.6) is 0 Å². The van der Waals surface area contributed by atoms with Crippen molar-refractivity contribution in [1.82, 2.24) is 9.55 Å². The molecule has 8 rings (SSSR count). The number of nitrogens with zero attached hydrogens (tertiary/aromatic N) is 2. The molecule has 8 aromatic rings. The highest BCUT2D eigenvalue weighted by atomic mass is 19.2. The highest BCUT2D eigenvalue weighted by Crippen LogP contribution is 2.45. The molecule has 7 heteroatoms. The van der Waals surface area contributed by atoms with Gasteiger partial charge >= 0.3 is 0 Å². The number of benzene rings is 6. The van der Waals surface area contributed by atoms with Gasteiger partial charge in [0.1, 0.15) is 0 Å². The van der Waals surface area contributed by atoms with Crippen molar-refractivity contribution in [2.45, 2.75) is 0 Å². The number of fused-ring (bicyclic) bond motifs is 4. The van der Waals surface area contributed by atoms with Gasteiger partial charge in [-0.25, -0.2) is 22.0 Å². The average molecular weight is 534 g/mol. The van der Waals surface area contributed by atoms with Gasteiger partial charge in [-0.1, -0.05) is 54.6 Å². The highest BCUT2D eigenvalue weighted by molar-refractivity contribution is 6.34. The lowest BCUT2D eigenvalue weighted by molar-refractivity contribution is 0.381. The first-order valence-electron chi connectivity index (χ1n) is 12.5. The van der Waals surface area contributed by atoms with E-state index in [4.69, 9.17) is 0 Å². The number of hydrogen-bond donors (Lipinski definition) is 0. The number of pyridine rings is 1. The number of rotatable bonds is 2. The van der Waals surface area contributed by atoms with Gasteiger partial charge in [0.05, 0.1) is 16.6 Å². The molecule has 0 aliphatic rings. The third-order valence-corrected chi connectivity index (χ3v) is 7.81. The Hall–Kier alpha value is -5.04. The summed E-state index contributed by atoms with van der Waals surface area (Å²) in [6.07, 6.45) is 3.56. The van der Waals surface area contributed by atoms with Crippen molar-refractivity contribution >= 4 is 54.1 Å². The predicted octanol–water partition coefficient (Wildman–Crippen LogP) is 9.44. The van der Waals surface area contributed by atoms with Crippen molar-refractivity contribution in [3.8, 4) is 16.8 Å². The van der Waals surface area contributed by atoms with Crippen LogP contribution in [-0.2, 0) is 0 Å². The smallest absolute Gasteiger partial charge is 0.200 e. The fourth-order valence-corrected chi connectivity index (χ4v) is 6.14. The van der Waals surface area contributed by atoms with Crippen LogP contribution in [0, 0.1) is 29.1 Å². The summed E-state index contributed by atoms with van der Waals surface area (Å²) < 4.78 is 74.2. The van der Waals surface area contributed by atoms with E-state index in [-0.39, 0.29) is 5.56 Å². The Labute approximate surface area is 222 Å². The van der Waals surface area contributed by atoms with Crippen molar-refractivity contribution in [3.05, 3.63) is 120 Å². The first kappa shape index (κ1) is 22.9. The largest absolute Gasteiger partial charge is 0.309 e. The first-order valence-corrected chi connectivity index (χ1v) is 12.5. The van der Waals surface area contributed by atoms with Gasteiger partial charge in [0.15, 0.2) is 23.3 Å². The molecular weight excluding hydrogens is 519 g/mol. The van der Waals surface area contributed by atoms with Crippen molar-refractivity contribution in [2.75, 3.05) is 0 Å². The molecule has 192 valence electrons. The molecule has 0 fully saturated rings. The number of hydrogen-bond acceptors (Lipinski definition) is 1. The average Bonchev–Trinajstić information content (AvgIpc) is 3.32. The standard InChI is InChI=1S/C33H15F5N2/c34-29-28(30(35)32(37)33(38)31(29)36)20-9-6-16-7-11-21-26-17(8-10-19(20)25(16)26)14-24-27(21)22-15-39-13-12-23(22)40(24)18-4-2-1-3-5-18/h1-15H. The summed E-state index contributed by atoms with van der Waals surface area (Å²) >= 11 is 0. The van der Waals surface area contributed by atoms with Crippen LogP contribution in [0.3, 0.4) is 0 Å². The minimum absolute atomic E-state index is 0.0665. The summed E-state index contributed by atoms with van der Waals surface area (Å²) in [6, 6.07) is 24.4. The van der Waals surface area contributed by atoms with E-state index in [0.29, 0.717) is 10.8 Å². The third kappa shape index (κ3) is 2.84. The second kappa shape index (κ2) is 7.99. The summed E-state index contributed by atoms with van der Waals surface area (Å²) in [5, 5.41) is 6.35. The normalized spacial score (nSPS) is 12.1. The summed E-state index contributed by atoms with van der Waals surface area (Å²) in [6.45, 7) is 0. The summed E-state index contributed by atoms with van der Waals surface area (Å²) in [5.41, 5.74) is 1.90. The molecule has 0 saturated carbocycles. The highest BCUT2D eigenvalue weighted by Gasteiger charge is 2.28. The minimum atomic E-state index is -2.18. The Bertz CT molecular complexity index is 2290. The molecule has 0 spiro atoms. The first-order chi connectivity index (χ1) is 19.5. The maximum Gasteiger partial charge on any atom is 0.200 e. The molecule has 0 atom stereocenters. The van der Waals surface area contributed by atoms with Gasteiger partial charge in [-0.05, 0) is 62.1 Å². The van der Waals surface area contributed by atoms with Crippen molar-refractivity contribution in [3.63, 3.8) is 0 Å². The molecule has 0 N–H and O–H groups in total. The maximum absolute atomic E-state index is 14.9. The van der Waals surface area contributed by atoms with E-state index in [1.54, 1.807) is 18.3 Å². The molecule has 0 aliphatic carbocycles. The van der Waals surface area contributed by atoms with Crippen LogP contribution < -0.4 is 0 Å². The molecule has 0 amide bonds. The van der Waals surface area contributed by atoms with E-state index in [1.165, 1.54) is 6.07 Å². The van der Waals surface area contributed by atoms with Gasteiger partial charge in [0, 0.05) is 28.9 Å². The van der Waals surface area contributed by atoms with Crippen LogP contribution in [0.15, 0.2) is 91.3 Å². The van der Waals surface area contributed by atoms with Gasteiger partial charge in [-0.2, -0.15) is 0 Å². The lowest BCUT2D eigenvalue weighted by Crippen LogP contribution is -2.04. The second-order valence-corrected chi connectivity index (χ2v) is 9.81. The molecule has 6 aromatic carbocycles. The molecule has 2 nitrogen and oxygen atoms in total. The third-order valence-electron chi connectivity index (χ3n) is 7.81. The lowest BCUT2D eigenvalue weighted by Gasteiger charge is -2.16. The Morgan fingerprint density at radius 2 is 1.18 bits per heavy atom. The summed E-state index contributed by atoms with van der Waals surface area (Å²) in [5.74, 6) is -9.83. The van der Waals surface area contributed by atoms with E-state index >= 15 is 0 Å². The Kier molecular flexibility index (Phi) is 4.57. The van der Waals surface area contributed by atoms with Gasteiger partial charge in [-0.3, -0.25) is 4.98 Å². The number of aromatic nitrogens is 2. The van der Waals surface area contributed by atoms with Crippen molar-refractivity contribution in [2.24, 2.45) is 0 Å². The van der Waals surface area contributed by atoms with Gasteiger partial charge < -0.3 is 4.57 Å². The van der Waals surface area contributed by atoms with E-state index in [2.05, 4.69) is 15.6 Å². The zero-order chi connectivity index (χ0) is 27.3. The fraction of sp³-hybridized carbons (Fsp3) is 0. The molecule has 0 aliphatic heterocycles. The van der Waals surface area contributed by atoms with Crippen LogP contribution in [0.25, 0.3) is 70.9 Å². The molecule has 0 radical (unpaired) electrons. The van der Waals surface area contributed by atoms with Gasteiger partial charge in [-0.15, -0.1) is 0 Å². The SMILES string of the molecule is Fc1c(F)c(F)c(-c2ccc3ccc4c5c(ccc2c35)cc2c4c3cnccc3n2-c2ccccc2)c(F)c1F. The van der Waals surface area contributed by atoms with Crippen molar-refractivity contribution in [1.29, 1.82) is 0 Å². The van der Waals surface area contributed by atoms with Crippen LogP contribution in [0.4, 0.5) is 22.0 Å². The van der Waals surface area contributed by atoms with Crippen molar-refractivity contribution < 1.29 is 22.0 Å². The molecule has 2 heterocycles. The Morgan fingerprint density at radius 1 is 0.525 bits per heavy atom. The quantitative estimate of drug-likeness (QED) is 0.0935. The van der Waals surface area contributed by atoms with E-state index in [1.807, 2.05) is 60.8 Å². The van der Waals surface area contributed by atoms with E-state index in [0.717, 1.165) is 49.0 Å². The van der Waals surface area contributed by atoms with Gasteiger partial charge in [0.25, 0.3) is 0 Å². The number of halogens is 5. The zero-order valence-electron chi connectivity index (χ0n) is 20.4. The van der Waals surface area contributed by atoms with E-state index < -0.39 is 34.6 Å². The number of para-hydroxylation sites is 1. The lowest BCUT2D eigenvalue weighted by atomic mass is 9.88. The van der Waals surface area contributed by atoms with Crippen LogP contribution in [0.1, 0.15) is 0 Å². The second-order valence-electron chi connectivity index (χ2n) is 9.81. The molecular formula is C33H15F5N2. The Balaban J connectivity index is 1.55. The minimum Gasteiger partial charge on any atom is -0.309 e. The zero-order valence-corrected chi connectivity index (χ0v) is 20.4. The molecule has 0 saturated heterocycles. The molecule has 0 bridgehead atoms. The summed E-state index contributed by atoms with van der Waals surface area (Å²) in [7, 11) is 0. The topological polar surface area (TPSA) is 17.8 Å². The van der Waals surface area contributed by atoms with Crippen LogP contribution in [-0.4, -0.2) is 9.55 Å². The van der Waals surface area contributed by atoms with Crippen LogP contribution in [0.2, 0.25) is 0 Å². The Morgan fingerprint density at radius 3 is 1.95 bits per heavy atom. The fourth-order valence-electron chi connectivity index (χ4n) is 6.14. The monoisotopic (exact) mass is 534 g/mol. The van der Waals surface area contributed by atoms with Gasteiger partial charge in [0.2, 0.25) is 5.82 Å². The van der Waals surface area contributed by atoms with E-state index in [9.17, 15) is 22.0 Å². The molecule has 40 heavy (non-hydrogen) atoms. The summed E-state index contributed by atoms with van der Waals surface area (Å²) in [4.78, 5) is 4.38.